The average Bonchev–Trinajstić information content (AvgIpc) is 2.95. The molecule has 2 aromatic rings. The van der Waals surface area contributed by atoms with Gasteiger partial charge < -0.3 is 5.32 Å². The fraction of sp³-hybridized carbons (Fsp3) is 0.450. The molecule has 26 heavy (non-hydrogen) atoms. The van der Waals surface area contributed by atoms with Crippen LogP contribution in [0.5, 0.6) is 0 Å². The van der Waals surface area contributed by atoms with Gasteiger partial charge in [0.05, 0.1) is 5.69 Å². The Morgan fingerprint density at radius 2 is 1.85 bits per heavy atom. The van der Waals surface area contributed by atoms with Crippen molar-refractivity contribution in [3.63, 3.8) is 0 Å². The van der Waals surface area contributed by atoms with E-state index in [1.54, 1.807) is 0 Å². The molecule has 2 saturated carbocycles. The number of halogens is 1. The second kappa shape index (κ2) is 7.12. The molecule has 2 atom stereocenters. The molecule has 4 nitrogen and oxygen atoms in total. The second-order valence-corrected chi connectivity index (χ2v) is 8.96. The van der Waals surface area contributed by atoms with Crippen LogP contribution in [-0.4, -0.2) is 16.7 Å². The molecular formula is C20H21ClN2O2S. The molecule has 0 aliphatic heterocycles. The first-order valence-electron chi connectivity index (χ1n) is 9.09. The van der Waals surface area contributed by atoms with Gasteiger partial charge in [0.25, 0.3) is 0 Å². The van der Waals surface area contributed by atoms with E-state index in [2.05, 4.69) is 10.3 Å². The minimum absolute atomic E-state index is 0.00538. The summed E-state index contributed by atoms with van der Waals surface area (Å²) in [6.45, 7) is 2.00. The van der Waals surface area contributed by atoms with Gasteiger partial charge in [0.15, 0.2) is 5.13 Å². The Morgan fingerprint density at radius 3 is 2.50 bits per heavy atom. The van der Waals surface area contributed by atoms with Crippen LogP contribution in [0.3, 0.4) is 0 Å². The van der Waals surface area contributed by atoms with Crippen LogP contribution in [0.4, 0.5) is 5.13 Å². The van der Waals surface area contributed by atoms with Crippen LogP contribution < -0.4 is 5.32 Å². The number of amides is 1. The van der Waals surface area contributed by atoms with Gasteiger partial charge in [-0.3, -0.25) is 9.59 Å². The van der Waals surface area contributed by atoms with E-state index in [-0.39, 0.29) is 23.7 Å². The lowest BCUT2D eigenvalue weighted by Crippen LogP contribution is -2.40. The van der Waals surface area contributed by atoms with Gasteiger partial charge in [-0.05, 0) is 44.7 Å². The second-order valence-electron chi connectivity index (χ2n) is 7.32. The Kier molecular flexibility index (Phi) is 4.84. The number of nitrogens with one attached hydrogen (secondary N) is 1. The highest BCUT2D eigenvalue weighted by Crippen LogP contribution is 2.40. The normalized spacial score (nSPS) is 25.2. The van der Waals surface area contributed by atoms with Crippen molar-refractivity contribution >= 4 is 39.8 Å². The lowest BCUT2D eigenvalue weighted by molar-refractivity contribution is -0.136. The van der Waals surface area contributed by atoms with Crippen LogP contribution in [-0.2, 0) is 9.59 Å². The molecule has 1 N–H and O–H groups in total. The zero-order chi connectivity index (χ0) is 18.3. The maximum atomic E-state index is 12.7. The van der Waals surface area contributed by atoms with Crippen LogP contribution in [0.15, 0.2) is 24.3 Å². The number of hydrogen-bond donors (Lipinski definition) is 1. The standard InChI is InChI=1S/C20H21ClN2O2S/c1-11-17(12-5-7-16(21)8-6-12)22-20(26-11)23-19(25)15-9-13-3-2-4-14(10-15)18(13)24/h5-8,13-15H,2-4,9-10H2,1H3,(H,22,23,25). The Labute approximate surface area is 162 Å². The van der Waals surface area contributed by atoms with Crippen molar-refractivity contribution in [1.82, 2.24) is 4.98 Å². The maximum absolute atomic E-state index is 12.7. The molecule has 2 aliphatic carbocycles. The lowest BCUT2D eigenvalue weighted by atomic mass is 9.67. The van der Waals surface area contributed by atoms with Gasteiger partial charge in [0, 0.05) is 33.2 Å². The van der Waals surface area contributed by atoms with E-state index in [1.165, 1.54) is 11.3 Å². The van der Waals surface area contributed by atoms with Crippen molar-refractivity contribution in [2.75, 3.05) is 5.32 Å². The van der Waals surface area contributed by atoms with Crippen molar-refractivity contribution < 1.29 is 9.59 Å². The van der Waals surface area contributed by atoms with Crippen LogP contribution in [0.1, 0.15) is 37.0 Å². The zero-order valence-electron chi connectivity index (χ0n) is 14.6. The third-order valence-corrected chi connectivity index (χ3v) is 6.70. The van der Waals surface area contributed by atoms with Crippen LogP contribution >= 0.6 is 22.9 Å². The van der Waals surface area contributed by atoms with E-state index in [0.29, 0.717) is 28.8 Å². The van der Waals surface area contributed by atoms with Crippen molar-refractivity contribution in [2.24, 2.45) is 17.8 Å². The summed E-state index contributed by atoms with van der Waals surface area (Å²) in [4.78, 5) is 30.6. The number of Topliss-reactive ketones (excluding diaryl/α,β-unsaturated/α-hetero) is 1. The zero-order valence-corrected chi connectivity index (χ0v) is 16.2. The van der Waals surface area contributed by atoms with Crippen LogP contribution in [0, 0.1) is 24.7 Å². The number of anilines is 1. The van der Waals surface area contributed by atoms with Gasteiger partial charge in [0.1, 0.15) is 5.78 Å². The summed E-state index contributed by atoms with van der Waals surface area (Å²) < 4.78 is 0. The summed E-state index contributed by atoms with van der Waals surface area (Å²) in [5.74, 6) is 0.481. The molecule has 0 saturated heterocycles. The summed E-state index contributed by atoms with van der Waals surface area (Å²) >= 11 is 7.44. The number of hydrogen-bond acceptors (Lipinski definition) is 4. The Balaban J connectivity index is 1.47. The Hall–Kier alpha value is -1.72. The fourth-order valence-electron chi connectivity index (χ4n) is 4.23. The molecule has 2 bridgehead atoms. The number of rotatable bonds is 3. The van der Waals surface area contributed by atoms with Gasteiger partial charge in [-0.1, -0.05) is 30.2 Å². The summed E-state index contributed by atoms with van der Waals surface area (Å²) in [5, 5.41) is 4.30. The van der Waals surface area contributed by atoms with Crippen LogP contribution in [0.2, 0.25) is 5.02 Å². The number of fused-ring (bicyclic) bond motifs is 2. The third-order valence-electron chi connectivity index (χ3n) is 5.56. The van der Waals surface area contributed by atoms with Gasteiger partial charge in [-0.25, -0.2) is 4.98 Å². The van der Waals surface area contributed by atoms with E-state index in [9.17, 15) is 9.59 Å². The number of carbonyl (C=O) groups is 2. The molecule has 6 heteroatoms. The van der Waals surface area contributed by atoms with Gasteiger partial charge >= 0.3 is 0 Å². The number of aromatic nitrogens is 1. The van der Waals surface area contributed by atoms with Crippen molar-refractivity contribution in [3.05, 3.63) is 34.2 Å². The van der Waals surface area contributed by atoms with Gasteiger partial charge in [-0.15, -0.1) is 11.3 Å². The van der Waals surface area contributed by atoms with Crippen molar-refractivity contribution in [2.45, 2.75) is 39.0 Å². The highest BCUT2D eigenvalue weighted by Gasteiger charge is 2.41. The number of aryl methyl sites for hydroxylation is 1. The predicted octanol–water partition coefficient (Wildman–Crippen LogP) is 5.11. The molecule has 1 aromatic heterocycles. The number of carbonyl (C=O) groups excluding carboxylic acids is 2. The lowest BCUT2D eigenvalue weighted by Gasteiger charge is -2.36. The van der Waals surface area contributed by atoms with E-state index in [1.807, 2.05) is 31.2 Å². The van der Waals surface area contributed by atoms with Crippen LogP contribution in [0.25, 0.3) is 11.3 Å². The first kappa shape index (κ1) is 17.7. The number of ketones is 1. The molecule has 1 aromatic carbocycles. The summed E-state index contributed by atoms with van der Waals surface area (Å²) in [6, 6.07) is 7.55. The topological polar surface area (TPSA) is 59.1 Å². The molecule has 2 aliphatic rings. The summed E-state index contributed by atoms with van der Waals surface area (Å²) in [5.41, 5.74) is 1.86. The molecule has 0 spiro atoms. The van der Waals surface area contributed by atoms with E-state index >= 15 is 0 Å². The maximum Gasteiger partial charge on any atom is 0.229 e. The van der Waals surface area contributed by atoms with Gasteiger partial charge in [0.2, 0.25) is 5.91 Å². The molecule has 1 heterocycles. The van der Waals surface area contributed by atoms with E-state index in [0.717, 1.165) is 35.4 Å². The molecule has 1 amide bonds. The molecule has 2 unspecified atom stereocenters. The minimum Gasteiger partial charge on any atom is -0.302 e. The largest absolute Gasteiger partial charge is 0.302 e. The Bertz CT molecular complexity index is 830. The number of thiazole rings is 1. The fourth-order valence-corrected chi connectivity index (χ4v) is 5.19. The first-order chi connectivity index (χ1) is 12.5. The molecule has 0 radical (unpaired) electrons. The van der Waals surface area contributed by atoms with Gasteiger partial charge in [-0.2, -0.15) is 0 Å². The number of nitrogens with zero attached hydrogens (tertiary/aromatic N) is 1. The highest BCUT2D eigenvalue weighted by molar-refractivity contribution is 7.16. The molecule has 4 rings (SSSR count). The average molecular weight is 389 g/mol. The first-order valence-corrected chi connectivity index (χ1v) is 10.3. The minimum atomic E-state index is -0.0776. The highest BCUT2D eigenvalue weighted by atomic mass is 35.5. The van der Waals surface area contributed by atoms with Crippen molar-refractivity contribution in [1.29, 1.82) is 0 Å². The van der Waals surface area contributed by atoms with Crippen molar-refractivity contribution in [3.8, 4) is 11.3 Å². The SMILES string of the molecule is Cc1sc(NC(=O)C2CC3CCCC(C2)C3=O)nc1-c1ccc(Cl)cc1. The quantitative estimate of drug-likeness (QED) is 0.795. The van der Waals surface area contributed by atoms with E-state index < -0.39 is 0 Å². The third kappa shape index (κ3) is 3.42. The molecule has 136 valence electrons. The monoisotopic (exact) mass is 388 g/mol. The van der Waals surface area contributed by atoms with E-state index in [4.69, 9.17) is 11.6 Å². The molecular weight excluding hydrogens is 368 g/mol. The number of benzene rings is 1. The molecule has 2 fully saturated rings. The predicted molar refractivity (Wildman–Crippen MR) is 104 cm³/mol. The summed E-state index contributed by atoms with van der Waals surface area (Å²) in [6.07, 6.45) is 4.38. The summed E-state index contributed by atoms with van der Waals surface area (Å²) in [7, 11) is 0. The Morgan fingerprint density at radius 1 is 1.19 bits per heavy atom. The smallest absolute Gasteiger partial charge is 0.229 e.